The molecule has 3 aromatic rings. The Morgan fingerprint density at radius 3 is 2.04 bits per heavy atom. The Morgan fingerprint density at radius 2 is 1.46 bits per heavy atom. The highest BCUT2D eigenvalue weighted by Gasteiger charge is 2.53. The van der Waals surface area contributed by atoms with Crippen LogP contribution in [-0.2, 0) is 20.7 Å². The fourth-order valence-corrected chi connectivity index (χ4v) is 8.75. The standard InChI is InChI=1S/C36H41ClF2N2O4S/c1-24-21-30-15-16-31(22-24)41(30)35(42)34(36(38,39)28-11-7-26(8-12-28)27-9-13-29(37)14-10-27)40-46(43,44)33-19-17-32(18-20-33)45-23-25-5-3-2-4-6-25/h7-14,17-20,24-25,30-31,34,40H,2-6,15-16,21-23H2,1H3. The molecule has 2 aliphatic heterocycles. The second-order valence-electron chi connectivity index (χ2n) is 13.3. The van der Waals surface area contributed by atoms with E-state index in [0.717, 1.165) is 31.2 Å². The third-order valence-corrected chi connectivity index (χ3v) is 11.6. The Bertz CT molecular complexity index is 1600. The van der Waals surface area contributed by atoms with Crippen LogP contribution in [0.5, 0.6) is 5.75 Å². The lowest BCUT2D eigenvalue weighted by Crippen LogP contribution is -2.59. The van der Waals surface area contributed by atoms with Crippen molar-refractivity contribution in [2.24, 2.45) is 11.8 Å². The third-order valence-electron chi connectivity index (χ3n) is 9.90. The van der Waals surface area contributed by atoms with Crippen LogP contribution in [-0.4, -0.2) is 44.0 Å². The van der Waals surface area contributed by atoms with E-state index in [1.54, 1.807) is 36.4 Å². The van der Waals surface area contributed by atoms with Gasteiger partial charge in [0.05, 0.1) is 11.5 Å². The summed E-state index contributed by atoms with van der Waals surface area (Å²) in [5, 5.41) is 0.559. The van der Waals surface area contributed by atoms with Gasteiger partial charge in [0.15, 0.2) is 6.04 Å². The van der Waals surface area contributed by atoms with E-state index in [1.165, 1.54) is 60.6 Å². The Hall–Kier alpha value is -3.01. The highest BCUT2D eigenvalue weighted by Crippen LogP contribution is 2.42. The Morgan fingerprint density at radius 1 is 0.891 bits per heavy atom. The number of benzene rings is 3. The minimum Gasteiger partial charge on any atom is -0.493 e. The third kappa shape index (κ3) is 7.11. The molecule has 6 nitrogen and oxygen atoms in total. The largest absolute Gasteiger partial charge is 0.493 e. The number of hydrogen-bond acceptors (Lipinski definition) is 4. The van der Waals surface area contributed by atoms with Crippen molar-refractivity contribution in [3.05, 3.63) is 83.4 Å². The summed E-state index contributed by atoms with van der Waals surface area (Å²) in [5.41, 5.74) is 1.03. The summed E-state index contributed by atoms with van der Waals surface area (Å²) in [6.45, 7) is 2.66. The molecule has 3 fully saturated rings. The van der Waals surface area contributed by atoms with Crippen LogP contribution in [0.4, 0.5) is 8.78 Å². The minimum absolute atomic E-state index is 0.183. The molecule has 3 unspecified atom stereocenters. The lowest BCUT2D eigenvalue weighted by atomic mass is 9.90. The van der Waals surface area contributed by atoms with Gasteiger partial charge in [0, 0.05) is 22.7 Å². The number of hydrogen-bond donors (Lipinski definition) is 1. The van der Waals surface area contributed by atoms with Gasteiger partial charge in [-0.1, -0.05) is 74.2 Å². The number of alkyl halides is 2. The van der Waals surface area contributed by atoms with Crippen molar-refractivity contribution in [2.75, 3.05) is 6.61 Å². The van der Waals surface area contributed by atoms with Crippen molar-refractivity contribution in [1.29, 1.82) is 0 Å². The predicted octanol–water partition coefficient (Wildman–Crippen LogP) is 8.19. The average molecular weight is 671 g/mol. The molecule has 3 atom stereocenters. The van der Waals surface area contributed by atoms with E-state index >= 15 is 8.78 Å². The number of fused-ring (bicyclic) bond motifs is 2. The molecule has 0 aromatic heterocycles. The molecule has 1 N–H and O–H groups in total. The first kappa shape index (κ1) is 32.9. The summed E-state index contributed by atoms with van der Waals surface area (Å²) >= 11 is 6.00. The maximum atomic E-state index is 16.5. The van der Waals surface area contributed by atoms with Crippen molar-refractivity contribution in [3.8, 4) is 16.9 Å². The number of carbonyl (C=O) groups is 1. The van der Waals surface area contributed by atoms with Crippen LogP contribution in [0.2, 0.25) is 5.02 Å². The zero-order valence-corrected chi connectivity index (χ0v) is 27.6. The molecular formula is C36H41ClF2N2O4S. The van der Waals surface area contributed by atoms with Gasteiger partial charge in [-0.25, -0.2) is 8.42 Å². The first-order valence-electron chi connectivity index (χ1n) is 16.3. The van der Waals surface area contributed by atoms with E-state index in [-0.39, 0.29) is 17.0 Å². The number of nitrogens with zero attached hydrogens (tertiary/aromatic N) is 1. The van der Waals surface area contributed by atoms with Gasteiger partial charge in [0.2, 0.25) is 15.9 Å². The topological polar surface area (TPSA) is 75.7 Å². The monoisotopic (exact) mass is 670 g/mol. The van der Waals surface area contributed by atoms with Crippen LogP contribution < -0.4 is 9.46 Å². The molecular weight excluding hydrogens is 630 g/mol. The number of sulfonamides is 1. The van der Waals surface area contributed by atoms with Crippen molar-refractivity contribution in [3.63, 3.8) is 0 Å². The molecule has 2 saturated heterocycles. The van der Waals surface area contributed by atoms with Crippen LogP contribution >= 0.6 is 11.6 Å². The van der Waals surface area contributed by atoms with E-state index in [1.807, 2.05) is 0 Å². The second-order valence-corrected chi connectivity index (χ2v) is 15.4. The van der Waals surface area contributed by atoms with Crippen LogP contribution in [0.15, 0.2) is 77.7 Å². The highest BCUT2D eigenvalue weighted by atomic mass is 35.5. The molecule has 1 aliphatic carbocycles. The predicted molar refractivity (Wildman–Crippen MR) is 175 cm³/mol. The zero-order valence-electron chi connectivity index (χ0n) is 26.0. The van der Waals surface area contributed by atoms with Gasteiger partial charge in [0.25, 0.3) is 5.92 Å². The molecule has 2 bridgehead atoms. The summed E-state index contributed by atoms with van der Waals surface area (Å²) in [5.74, 6) is -3.36. The number of rotatable bonds is 10. The summed E-state index contributed by atoms with van der Waals surface area (Å²) in [6.07, 6.45) is 8.72. The molecule has 10 heteroatoms. The first-order chi connectivity index (χ1) is 22.0. The lowest BCUT2D eigenvalue weighted by molar-refractivity contribution is -0.149. The quantitative estimate of drug-likeness (QED) is 0.236. The molecule has 2 heterocycles. The van der Waals surface area contributed by atoms with Crippen molar-refractivity contribution in [2.45, 2.75) is 93.7 Å². The van der Waals surface area contributed by atoms with Crippen molar-refractivity contribution in [1.82, 2.24) is 9.62 Å². The number of ether oxygens (including phenoxy) is 1. The Kier molecular flexibility index (Phi) is 9.74. The van der Waals surface area contributed by atoms with Crippen LogP contribution in [0, 0.1) is 11.8 Å². The summed E-state index contributed by atoms with van der Waals surface area (Å²) in [4.78, 5) is 15.4. The number of piperidine rings is 1. The average Bonchev–Trinajstić information content (AvgIpc) is 3.33. The van der Waals surface area contributed by atoms with Gasteiger partial charge < -0.3 is 9.64 Å². The molecule has 6 rings (SSSR count). The maximum absolute atomic E-state index is 16.5. The SMILES string of the molecule is CC1CC2CCC(C1)N2C(=O)C(NS(=O)(=O)c1ccc(OCC2CCCCC2)cc1)C(F)(F)c1ccc(-c2ccc(Cl)cc2)cc1. The molecule has 3 aliphatic rings. The lowest BCUT2D eigenvalue weighted by Gasteiger charge is -2.41. The number of halogens is 3. The first-order valence-corrected chi connectivity index (χ1v) is 18.2. The second kappa shape index (κ2) is 13.6. The summed E-state index contributed by atoms with van der Waals surface area (Å²) < 4.78 is 68.5. The van der Waals surface area contributed by atoms with Gasteiger partial charge in [-0.2, -0.15) is 13.5 Å². The fourth-order valence-electron chi connectivity index (χ4n) is 7.44. The van der Waals surface area contributed by atoms with E-state index in [0.29, 0.717) is 47.6 Å². The van der Waals surface area contributed by atoms with Crippen molar-refractivity contribution < 1.29 is 26.7 Å². The van der Waals surface area contributed by atoms with Gasteiger partial charge in [-0.15, -0.1) is 0 Å². The van der Waals surface area contributed by atoms with E-state index in [4.69, 9.17) is 16.3 Å². The summed E-state index contributed by atoms with van der Waals surface area (Å²) in [6, 6.07) is 15.7. The zero-order chi connectivity index (χ0) is 32.5. The van der Waals surface area contributed by atoms with E-state index in [9.17, 15) is 13.2 Å². The molecule has 0 radical (unpaired) electrons. The van der Waals surface area contributed by atoms with Crippen LogP contribution in [0.25, 0.3) is 11.1 Å². The Labute approximate surface area is 275 Å². The van der Waals surface area contributed by atoms with Gasteiger partial charge in [-0.3, -0.25) is 4.79 Å². The molecule has 0 spiro atoms. The molecule has 1 amide bonds. The van der Waals surface area contributed by atoms with Gasteiger partial charge >= 0.3 is 0 Å². The Balaban J connectivity index is 1.26. The smallest absolute Gasteiger partial charge is 0.298 e. The van der Waals surface area contributed by atoms with Crippen LogP contribution in [0.3, 0.4) is 0 Å². The molecule has 3 aromatic carbocycles. The van der Waals surface area contributed by atoms with Crippen molar-refractivity contribution >= 4 is 27.5 Å². The maximum Gasteiger partial charge on any atom is 0.298 e. The van der Waals surface area contributed by atoms with E-state index < -0.39 is 33.5 Å². The van der Waals surface area contributed by atoms with Gasteiger partial charge in [0.1, 0.15) is 5.75 Å². The number of carbonyl (C=O) groups excluding carboxylic acids is 1. The molecule has 246 valence electrons. The minimum atomic E-state index is -4.51. The molecule has 1 saturated carbocycles. The van der Waals surface area contributed by atoms with Gasteiger partial charge in [-0.05, 0) is 97.9 Å². The summed E-state index contributed by atoms with van der Waals surface area (Å²) in [7, 11) is -4.51. The fraction of sp³-hybridized carbons (Fsp3) is 0.472. The van der Waals surface area contributed by atoms with E-state index in [2.05, 4.69) is 11.6 Å². The highest BCUT2D eigenvalue weighted by molar-refractivity contribution is 7.89. The molecule has 46 heavy (non-hydrogen) atoms. The number of amides is 1. The normalized spacial score (nSPS) is 22.9. The number of nitrogens with one attached hydrogen (secondary N) is 1. The van der Waals surface area contributed by atoms with Crippen LogP contribution in [0.1, 0.15) is 70.3 Å².